The number of carboxylic acid groups (broad SMARTS) is 1. The van der Waals surface area contributed by atoms with Crippen LogP contribution >= 0.6 is 15.9 Å². The van der Waals surface area contributed by atoms with Gasteiger partial charge in [-0.25, -0.2) is 4.79 Å². The lowest BCUT2D eigenvalue weighted by atomic mass is 10.2. The molecule has 0 saturated carbocycles. The fourth-order valence-electron chi connectivity index (χ4n) is 1.61. The fourth-order valence-corrected chi connectivity index (χ4v) is 1.87. The standard InChI is InChI=1S/C13H12BrNO3/c14-11-3-1-9(2-4-11)7-15-8-10-5-6-18-12(10)13(16)17/h1-6,15H,7-8H2,(H,16,17). The fraction of sp³-hybridized carbons (Fsp3) is 0.154. The van der Waals surface area contributed by atoms with Crippen LogP contribution in [-0.4, -0.2) is 11.1 Å². The summed E-state index contributed by atoms with van der Waals surface area (Å²) in [5, 5.41) is 12.1. The lowest BCUT2D eigenvalue weighted by Crippen LogP contribution is -2.14. The number of hydrogen-bond acceptors (Lipinski definition) is 3. The highest BCUT2D eigenvalue weighted by Crippen LogP contribution is 2.12. The molecule has 2 rings (SSSR count). The molecular weight excluding hydrogens is 298 g/mol. The maximum Gasteiger partial charge on any atom is 0.372 e. The Bertz CT molecular complexity index is 533. The molecule has 0 atom stereocenters. The van der Waals surface area contributed by atoms with Gasteiger partial charge in [0, 0.05) is 23.1 Å². The summed E-state index contributed by atoms with van der Waals surface area (Å²) in [6, 6.07) is 9.61. The van der Waals surface area contributed by atoms with Crippen molar-refractivity contribution in [1.82, 2.24) is 5.32 Å². The van der Waals surface area contributed by atoms with Crippen molar-refractivity contribution < 1.29 is 14.3 Å². The van der Waals surface area contributed by atoms with Gasteiger partial charge in [0.05, 0.1) is 6.26 Å². The first-order valence-electron chi connectivity index (χ1n) is 5.41. The van der Waals surface area contributed by atoms with E-state index < -0.39 is 5.97 Å². The smallest absolute Gasteiger partial charge is 0.372 e. The molecule has 0 radical (unpaired) electrons. The first kappa shape index (κ1) is 12.9. The highest BCUT2D eigenvalue weighted by molar-refractivity contribution is 9.10. The first-order valence-corrected chi connectivity index (χ1v) is 6.21. The van der Waals surface area contributed by atoms with Crippen molar-refractivity contribution in [2.45, 2.75) is 13.1 Å². The molecule has 0 aliphatic heterocycles. The van der Waals surface area contributed by atoms with Crippen LogP contribution in [0, 0.1) is 0 Å². The normalized spacial score (nSPS) is 10.5. The zero-order chi connectivity index (χ0) is 13.0. The van der Waals surface area contributed by atoms with Crippen molar-refractivity contribution in [3.63, 3.8) is 0 Å². The number of carbonyl (C=O) groups is 1. The predicted molar refractivity (Wildman–Crippen MR) is 70.4 cm³/mol. The number of carboxylic acids is 1. The van der Waals surface area contributed by atoms with Gasteiger partial charge in [-0.2, -0.15) is 0 Å². The van der Waals surface area contributed by atoms with Crippen LogP contribution in [0.2, 0.25) is 0 Å². The van der Waals surface area contributed by atoms with Crippen molar-refractivity contribution >= 4 is 21.9 Å². The first-order chi connectivity index (χ1) is 8.66. The highest BCUT2D eigenvalue weighted by Gasteiger charge is 2.12. The van der Waals surface area contributed by atoms with E-state index in [0.717, 1.165) is 10.0 Å². The Labute approximate surface area is 113 Å². The number of furan rings is 1. The van der Waals surface area contributed by atoms with Gasteiger partial charge in [-0.15, -0.1) is 0 Å². The number of benzene rings is 1. The van der Waals surface area contributed by atoms with Crippen molar-refractivity contribution in [3.8, 4) is 0 Å². The van der Waals surface area contributed by atoms with Gasteiger partial charge in [0.15, 0.2) is 0 Å². The van der Waals surface area contributed by atoms with E-state index in [-0.39, 0.29) is 5.76 Å². The van der Waals surface area contributed by atoms with Crippen LogP contribution in [0.15, 0.2) is 45.5 Å². The van der Waals surface area contributed by atoms with E-state index in [0.29, 0.717) is 18.7 Å². The molecule has 94 valence electrons. The van der Waals surface area contributed by atoms with Crippen LogP contribution < -0.4 is 5.32 Å². The number of nitrogens with one attached hydrogen (secondary N) is 1. The summed E-state index contributed by atoms with van der Waals surface area (Å²) in [6.07, 6.45) is 1.39. The topological polar surface area (TPSA) is 62.5 Å². The molecule has 0 saturated heterocycles. The van der Waals surface area contributed by atoms with Crippen LogP contribution in [0.25, 0.3) is 0 Å². The summed E-state index contributed by atoms with van der Waals surface area (Å²) in [6.45, 7) is 1.14. The minimum atomic E-state index is -1.04. The molecule has 1 aromatic carbocycles. The Morgan fingerprint density at radius 2 is 1.94 bits per heavy atom. The molecule has 0 aliphatic rings. The molecule has 0 bridgehead atoms. The molecule has 1 aromatic heterocycles. The molecule has 0 unspecified atom stereocenters. The van der Waals surface area contributed by atoms with Gasteiger partial charge in [-0.3, -0.25) is 0 Å². The van der Waals surface area contributed by atoms with Crippen molar-refractivity contribution in [1.29, 1.82) is 0 Å². The molecule has 0 spiro atoms. The molecule has 4 nitrogen and oxygen atoms in total. The number of aromatic carboxylic acids is 1. The summed E-state index contributed by atoms with van der Waals surface area (Å²) < 4.78 is 5.94. The quantitative estimate of drug-likeness (QED) is 0.891. The van der Waals surface area contributed by atoms with E-state index >= 15 is 0 Å². The third kappa shape index (κ3) is 3.21. The zero-order valence-electron chi connectivity index (χ0n) is 9.52. The number of rotatable bonds is 5. The van der Waals surface area contributed by atoms with Crippen LogP contribution in [0.4, 0.5) is 0 Å². The van der Waals surface area contributed by atoms with E-state index in [4.69, 9.17) is 9.52 Å². The maximum absolute atomic E-state index is 10.8. The number of halogens is 1. The molecule has 5 heteroatoms. The van der Waals surface area contributed by atoms with Gasteiger partial charge in [-0.1, -0.05) is 28.1 Å². The van der Waals surface area contributed by atoms with Crippen molar-refractivity contribution in [2.24, 2.45) is 0 Å². The van der Waals surface area contributed by atoms with Gasteiger partial charge in [0.2, 0.25) is 5.76 Å². The predicted octanol–water partition coefficient (Wildman–Crippen LogP) is 3.03. The highest BCUT2D eigenvalue weighted by atomic mass is 79.9. The Morgan fingerprint density at radius 1 is 1.22 bits per heavy atom. The van der Waals surface area contributed by atoms with E-state index in [1.165, 1.54) is 6.26 Å². The van der Waals surface area contributed by atoms with Crippen molar-refractivity contribution in [2.75, 3.05) is 0 Å². The maximum atomic E-state index is 10.8. The van der Waals surface area contributed by atoms with E-state index in [2.05, 4.69) is 21.2 Å². The van der Waals surface area contributed by atoms with Gasteiger partial charge < -0.3 is 14.8 Å². The lowest BCUT2D eigenvalue weighted by Gasteiger charge is -2.04. The molecule has 0 fully saturated rings. The van der Waals surface area contributed by atoms with E-state index in [1.807, 2.05) is 24.3 Å². The zero-order valence-corrected chi connectivity index (χ0v) is 11.1. The molecule has 18 heavy (non-hydrogen) atoms. The van der Waals surface area contributed by atoms with E-state index in [9.17, 15) is 4.79 Å². The third-order valence-corrected chi connectivity index (χ3v) is 3.03. The minimum Gasteiger partial charge on any atom is -0.475 e. The van der Waals surface area contributed by atoms with Crippen LogP contribution in [0.5, 0.6) is 0 Å². The minimum absolute atomic E-state index is 0.00157. The Hall–Kier alpha value is -1.59. The van der Waals surface area contributed by atoms with Gasteiger partial charge in [0.1, 0.15) is 0 Å². The monoisotopic (exact) mass is 309 g/mol. The average molecular weight is 310 g/mol. The second kappa shape index (κ2) is 5.84. The number of hydrogen-bond donors (Lipinski definition) is 2. The Balaban J connectivity index is 1.90. The van der Waals surface area contributed by atoms with Gasteiger partial charge in [-0.05, 0) is 23.8 Å². The molecule has 2 aromatic rings. The molecule has 1 heterocycles. The lowest BCUT2D eigenvalue weighted by molar-refractivity contribution is 0.0660. The summed E-state index contributed by atoms with van der Waals surface area (Å²) >= 11 is 3.37. The molecule has 0 amide bonds. The summed E-state index contributed by atoms with van der Waals surface area (Å²) in [5.74, 6) is -1.04. The van der Waals surface area contributed by atoms with Crippen LogP contribution in [0.3, 0.4) is 0 Å². The molecule has 0 aliphatic carbocycles. The summed E-state index contributed by atoms with van der Waals surface area (Å²) in [4.78, 5) is 10.8. The van der Waals surface area contributed by atoms with Crippen LogP contribution in [-0.2, 0) is 13.1 Å². The third-order valence-electron chi connectivity index (χ3n) is 2.50. The van der Waals surface area contributed by atoms with Gasteiger partial charge in [0.25, 0.3) is 0 Å². The molecular formula is C13H12BrNO3. The Kier molecular flexibility index (Phi) is 4.17. The van der Waals surface area contributed by atoms with Gasteiger partial charge >= 0.3 is 5.97 Å². The summed E-state index contributed by atoms with van der Waals surface area (Å²) in [5.41, 5.74) is 1.79. The second-order valence-corrected chi connectivity index (χ2v) is 4.73. The average Bonchev–Trinajstić information content (AvgIpc) is 2.80. The van der Waals surface area contributed by atoms with E-state index in [1.54, 1.807) is 6.07 Å². The largest absolute Gasteiger partial charge is 0.475 e. The van der Waals surface area contributed by atoms with Crippen molar-refractivity contribution in [3.05, 3.63) is 58.0 Å². The molecule has 2 N–H and O–H groups in total. The summed E-state index contributed by atoms with van der Waals surface area (Å²) in [7, 11) is 0. The van der Waals surface area contributed by atoms with Crippen LogP contribution in [0.1, 0.15) is 21.7 Å². The second-order valence-electron chi connectivity index (χ2n) is 3.81. The SMILES string of the molecule is O=C(O)c1occc1CNCc1ccc(Br)cc1. The Morgan fingerprint density at radius 3 is 2.61 bits per heavy atom.